The summed E-state index contributed by atoms with van der Waals surface area (Å²) in [5.41, 5.74) is 3.77. The lowest BCUT2D eigenvalue weighted by Crippen LogP contribution is -2.19. The van der Waals surface area contributed by atoms with Crippen molar-refractivity contribution >= 4 is 17.7 Å². The van der Waals surface area contributed by atoms with Crippen molar-refractivity contribution in [1.82, 2.24) is 14.8 Å². The number of carboxylic acid groups (broad SMARTS) is 1. The first-order chi connectivity index (χ1) is 18.5. The molecule has 0 amide bonds. The fourth-order valence-corrected chi connectivity index (χ4v) is 5.01. The normalized spacial score (nSPS) is 11.8. The van der Waals surface area contributed by atoms with Crippen LogP contribution in [0.2, 0.25) is 0 Å². The van der Waals surface area contributed by atoms with Crippen LogP contribution in [0.25, 0.3) is 0 Å². The van der Waals surface area contributed by atoms with Gasteiger partial charge in [-0.25, -0.2) is 4.79 Å². The largest absolute Gasteiger partial charge is 0.497 e. The van der Waals surface area contributed by atoms with Gasteiger partial charge in [0.1, 0.15) is 17.3 Å². The van der Waals surface area contributed by atoms with Crippen LogP contribution in [-0.4, -0.2) is 33.0 Å². The van der Waals surface area contributed by atoms with E-state index in [0.29, 0.717) is 17.9 Å². The number of unbranched alkanes of at least 4 members (excludes halogenated alkanes) is 1. The lowest BCUT2D eigenvalue weighted by molar-refractivity contribution is -0.145. The molecular formula is C30H33N3O4S. The number of carbonyl (C=O) groups is 1. The maximum Gasteiger partial charge on any atom is 0.349 e. The van der Waals surface area contributed by atoms with E-state index < -0.39 is 12.1 Å². The van der Waals surface area contributed by atoms with E-state index >= 15 is 0 Å². The summed E-state index contributed by atoms with van der Waals surface area (Å²) < 4.78 is 13.3. The second kappa shape index (κ2) is 13.1. The highest BCUT2D eigenvalue weighted by molar-refractivity contribution is 7.98. The fourth-order valence-electron chi connectivity index (χ4n) is 4.09. The first-order valence-electron chi connectivity index (χ1n) is 12.7. The quantitative estimate of drug-likeness (QED) is 0.198. The molecule has 0 saturated heterocycles. The number of rotatable bonds is 13. The van der Waals surface area contributed by atoms with E-state index in [1.807, 2.05) is 61.5 Å². The summed E-state index contributed by atoms with van der Waals surface area (Å²) in [7, 11) is 1.66. The zero-order chi connectivity index (χ0) is 26.9. The van der Waals surface area contributed by atoms with Crippen molar-refractivity contribution in [3.8, 4) is 11.5 Å². The average molecular weight is 532 g/mol. The highest BCUT2D eigenvalue weighted by Gasteiger charge is 2.23. The second-order valence-electron chi connectivity index (χ2n) is 9.06. The molecule has 1 N–H and O–H groups in total. The Hall–Kier alpha value is -3.78. The van der Waals surface area contributed by atoms with Crippen LogP contribution < -0.4 is 9.47 Å². The molecule has 0 aliphatic carbocycles. The van der Waals surface area contributed by atoms with Gasteiger partial charge in [0.25, 0.3) is 0 Å². The van der Waals surface area contributed by atoms with Crippen LogP contribution in [-0.2, 0) is 23.5 Å². The SMILES string of the molecule is CCCCc1nnc(SCc2ccc(OC)cc2)n1Cc1ccc(OC(C(=O)O)c2ccccc2C)cc1. The Morgan fingerprint density at radius 2 is 1.66 bits per heavy atom. The molecule has 0 bridgehead atoms. The molecule has 0 aliphatic heterocycles. The molecule has 0 radical (unpaired) electrons. The molecule has 0 spiro atoms. The molecule has 4 rings (SSSR count). The third-order valence-corrected chi connectivity index (χ3v) is 7.33. The molecule has 1 aromatic heterocycles. The maximum atomic E-state index is 11.9. The van der Waals surface area contributed by atoms with Gasteiger partial charge in [-0.3, -0.25) is 0 Å². The summed E-state index contributed by atoms with van der Waals surface area (Å²) in [5.74, 6) is 2.07. The first kappa shape index (κ1) is 27.3. The van der Waals surface area contributed by atoms with Crippen molar-refractivity contribution in [1.29, 1.82) is 0 Å². The zero-order valence-corrected chi connectivity index (χ0v) is 22.8. The van der Waals surface area contributed by atoms with Gasteiger partial charge in [0.2, 0.25) is 6.10 Å². The summed E-state index contributed by atoms with van der Waals surface area (Å²) in [6.07, 6.45) is 1.92. The lowest BCUT2D eigenvalue weighted by atomic mass is 10.0. The molecule has 1 atom stereocenters. The Kier molecular flexibility index (Phi) is 9.43. The van der Waals surface area contributed by atoms with Gasteiger partial charge >= 0.3 is 5.97 Å². The molecule has 1 heterocycles. The maximum absolute atomic E-state index is 11.9. The first-order valence-corrected chi connectivity index (χ1v) is 13.7. The molecule has 4 aromatic rings. The van der Waals surface area contributed by atoms with Crippen LogP contribution in [0, 0.1) is 6.92 Å². The molecular weight excluding hydrogens is 498 g/mol. The monoisotopic (exact) mass is 531 g/mol. The Morgan fingerprint density at radius 3 is 2.32 bits per heavy atom. The van der Waals surface area contributed by atoms with Gasteiger partial charge in [-0.15, -0.1) is 10.2 Å². The molecule has 3 aromatic carbocycles. The minimum absolute atomic E-state index is 0.508. The van der Waals surface area contributed by atoms with Gasteiger partial charge in [-0.2, -0.15) is 0 Å². The number of aromatic nitrogens is 3. The average Bonchev–Trinajstić information content (AvgIpc) is 3.31. The molecule has 7 nitrogen and oxygen atoms in total. The van der Waals surface area contributed by atoms with E-state index in [1.54, 1.807) is 24.9 Å². The summed E-state index contributed by atoms with van der Waals surface area (Å²) in [6, 6.07) is 23.0. The van der Waals surface area contributed by atoms with E-state index in [4.69, 9.17) is 9.47 Å². The number of methoxy groups -OCH3 is 1. The molecule has 0 saturated carbocycles. The van der Waals surface area contributed by atoms with Gasteiger partial charge in [-0.1, -0.05) is 73.6 Å². The Balaban J connectivity index is 1.49. The number of thioether (sulfide) groups is 1. The summed E-state index contributed by atoms with van der Waals surface area (Å²) in [5, 5.41) is 19.6. The third-order valence-electron chi connectivity index (χ3n) is 6.29. The summed E-state index contributed by atoms with van der Waals surface area (Å²) >= 11 is 1.66. The minimum Gasteiger partial charge on any atom is -0.497 e. The van der Waals surface area contributed by atoms with Gasteiger partial charge in [0.05, 0.1) is 13.7 Å². The van der Waals surface area contributed by atoms with Gasteiger partial charge < -0.3 is 19.1 Å². The van der Waals surface area contributed by atoms with E-state index in [2.05, 4.69) is 33.8 Å². The molecule has 0 aliphatic rings. The van der Waals surface area contributed by atoms with E-state index in [-0.39, 0.29) is 0 Å². The third kappa shape index (κ3) is 6.95. The van der Waals surface area contributed by atoms with Crippen LogP contribution in [0.1, 0.15) is 53.9 Å². The number of nitrogens with zero attached hydrogens (tertiary/aromatic N) is 3. The van der Waals surface area contributed by atoms with Crippen LogP contribution in [0.4, 0.5) is 0 Å². The van der Waals surface area contributed by atoms with Crippen molar-refractivity contribution in [2.75, 3.05) is 7.11 Å². The Morgan fingerprint density at radius 1 is 0.974 bits per heavy atom. The van der Waals surface area contributed by atoms with E-state index in [9.17, 15) is 9.90 Å². The minimum atomic E-state index is -1.07. The fraction of sp³-hybridized carbons (Fsp3) is 0.300. The van der Waals surface area contributed by atoms with E-state index in [0.717, 1.165) is 52.9 Å². The van der Waals surface area contributed by atoms with E-state index in [1.165, 1.54) is 5.56 Å². The molecule has 0 fully saturated rings. The van der Waals surface area contributed by atoms with Crippen molar-refractivity contribution in [3.05, 3.63) is 101 Å². The highest BCUT2D eigenvalue weighted by atomic mass is 32.2. The zero-order valence-electron chi connectivity index (χ0n) is 22.0. The molecule has 8 heteroatoms. The van der Waals surface area contributed by atoms with Crippen molar-refractivity contribution in [3.63, 3.8) is 0 Å². The predicted octanol–water partition coefficient (Wildman–Crippen LogP) is 6.48. The summed E-state index contributed by atoms with van der Waals surface area (Å²) in [6.45, 7) is 4.68. The molecule has 198 valence electrons. The number of aryl methyl sites for hydroxylation is 2. The van der Waals surface area contributed by atoms with Crippen LogP contribution in [0.3, 0.4) is 0 Å². The van der Waals surface area contributed by atoms with Crippen LogP contribution in [0.15, 0.2) is 78.0 Å². The standard InChI is InChI=1S/C30H33N3O4S/c1-4-5-10-27-31-32-30(38-20-23-13-15-24(36-3)16-14-23)33(27)19-22-11-17-25(18-12-22)37-28(29(34)35)26-9-7-6-8-21(26)2/h6-9,11-18,28H,4-5,10,19-20H2,1-3H3,(H,34,35). The smallest absolute Gasteiger partial charge is 0.349 e. The molecule has 1 unspecified atom stereocenters. The Bertz CT molecular complexity index is 1340. The predicted molar refractivity (Wildman–Crippen MR) is 149 cm³/mol. The second-order valence-corrected chi connectivity index (χ2v) is 10.0. The molecule has 38 heavy (non-hydrogen) atoms. The Labute approximate surface area is 227 Å². The number of hydrogen-bond acceptors (Lipinski definition) is 6. The van der Waals surface area contributed by atoms with Gasteiger partial charge in [0.15, 0.2) is 5.16 Å². The van der Waals surface area contributed by atoms with Gasteiger partial charge in [0, 0.05) is 17.7 Å². The van der Waals surface area contributed by atoms with Crippen LogP contribution >= 0.6 is 11.8 Å². The van der Waals surface area contributed by atoms with Crippen molar-refractivity contribution < 1.29 is 19.4 Å². The van der Waals surface area contributed by atoms with Gasteiger partial charge in [-0.05, 0) is 54.3 Å². The number of ether oxygens (including phenoxy) is 2. The van der Waals surface area contributed by atoms with Crippen molar-refractivity contribution in [2.45, 2.75) is 56.7 Å². The highest BCUT2D eigenvalue weighted by Crippen LogP contribution is 2.27. The number of carboxylic acids is 1. The number of hydrogen-bond donors (Lipinski definition) is 1. The number of aliphatic carboxylic acids is 1. The van der Waals surface area contributed by atoms with Crippen LogP contribution in [0.5, 0.6) is 11.5 Å². The number of benzene rings is 3. The van der Waals surface area contributed by atoms with Crippen molar-refractivity contribution in [2.24, 2.45) is 0 Å². The topological polar surface area (TPSA) is 86.5 Å². The lowest BCUT2D eigenvalue weighted by Gasteiger charge is -2.18. The summed E-state index contributed by atoms with van der Waals surface area (Å²) in [4.78, 5) is 11.9.